The van der Waals surface area contributed by atoms with E-state index in [1.807, 2.05) is 0 Å². The molecule has 0 N–H and O–H groups in total. The molecule has 1 heterocycles. The average Bonchev–Trinajstić information content (AvgIpc) is 2.18. The van der Waals surface area contributed by atoms with E-state index in [0.717, 1.165) is 18.5 Å². The SMILES string of the molecule is N#CCC#Cc1c[n+]([O-])ccc1[N+](=O)[O-]. The highest BCUT2D eigenvalue weighted by molar-refractivity contribution is 5.47. The molecule has 0 spiro atoms. The molecule has 0 aliphatic heterocycles. The summed E-state index contributed by atoms with van der Waals surface area (Å²) in [6, 6.07) is 2.85. The summed E-state index contributed by atoms with van der Waals surface area (Å²) in [7, 11) is 0. The van der Waals surface area contributed by atoms with Crippen LogP contribution < -0.4 is 4.73 Å². The van der Waals surface area contributed by atoms with Gasteiger partial charge in [0.15, 0.2) is 11.8 Å². The van der Waals surface area contributed by atoms with Gasteiger partial charge in [0.2, 0.25) is 6.20 Å². The second-order valence-electron chi connectivity index (χ2n) is 2.50. The maximum atomic E-state index is 10.9. The van der Waals surface area contributed by atoms with E-state index in [0.29, 0.717) is 4.73 Å². The van der Waals surface area contributed by atoms with Gasteiger partial charge in [0.05, 0.1) is 23.5 Å². The standard InChI is InChI=1S/C9H5N3O3/c10-5-2-1-3-8-7-11(13)6-4-9(8)12(14)15/h4,6-7H,2H2. The molecule has 0 saturated heterocycles. The Hall–Kier alpha value is -2.60. The molecule has 0 aliphatic carbocycles. The van der Waals surface area contributed by atoms with Crippen molar-refractivity contribution in [3.8, 4) is 17.9 Å². The zero-order valence-electron chi connectivity index (χ0n) is 7.51. The molecule has 6 heteroatoms. The van der Waals surface area contributed by atoms with Gasteiger partial charge in [0.25, 0.3) is 5.69 Å². The molecule has 1 rings (SSSR count). The van der Waals surface area contributed by atoms with Crippen LogP contribution in [0.4, 0.5) is 5.69 Å². The second kappa shape index (κ2) is 4.58. The number of hydrogen-bond acceptors (Lipinski definition) is 4. The zero-order chi connectivity index (χ0) is 11.3. The summed E-state index contributed by atoms with van der Waals surface area (Å²) in [6.45, 7) is 0. The van der Waals surface area contributed by atoms with E-state index in [4.69, 9.17) is 5.26 Å². The van der Waals surface area contributed by atoms with E-state index >= 15 is 0 Å². The van der Waals surface area contributed by atoms with Crippen molar-refractivity contribution < 1.29 is 9.65 Å². The van der Waals surface area contributed by atoms with Gasteiger partial charge < -0.3 is 5.21 Å². The van der Waals surface area contributed by atoms with Crippen LogP contribution in [0.15, 0.2) is 18.5 Å². The van der Waals surface area contributed by atoms with Crippen LogP contribution in [0.1, 0.15) is 12.0 Å². The Morgan fingerprint density at radius 3 is 2.93 bits per heavy atom. The molecule has 0 atom stereocenters. The second-order valence-corrected chi connectivity index (χ2v) is 2.50. The van der Waals surface area contributed by atoms with Crippen molar-refractivity contribution in [2.75, 3.05) is 0 Å². The predicted molar refractivity (Wildman–Crippen MR) is 49.2 cm³/mol. The molecule has 74 valence electrons. The Bertz CT molecular complexity index is 494. The lowest BCUT2D eigenvalue weighted by molar-refractivity contribution is -0.606. The van der Waals surface area contributed by atoms with Gasteiger partial charge in [-0.2, -0.15) is 9.99 Å². The first-order valence-corrected chi connectivity index (χ1v) is 3.88. The van der Waals surface area contributed by atoms with Crippen LogP contribution >= 0.6 is 0 Å². The molecule has 0 saturated carbocycles. The van der Waals surface area contributed by atoms with E-state index in [-0.39, 0.29) is 17.7 Å². The first kappa shape index (κ1) is 10.5. The molecule has 0 unspecified atom stereocenters. The van der Waals surface area contributed by atoms with Gasteiger partial charge in [-0.1, -0.05) is 11.8 Å². The third-order valence-corrected chi connectivity index (χ3v) is 1.50. The van der Waals surface area contributed by atoms with Crippen LogP contribution in [-0.2, 0) is 0 Å². The zero-order valence-corrected chi connectivity index (χ0v) is 7.51. The minimum Gasteiger partial charge on any atom is -0.619 e. The summed E-state index contributed by atoms with van der Waals surface area (Å²) in [4.78, 5) is 9.90. The van der Waals surface area contributed by atoms with Gasteiger partial charge in [-0.05, 0) is 0 Å². The highest BCUT2D eigenvalue weighted by atomic mass is 16.6. The van der Waals surface area contributed by atoms with E-state index in [9.17, 15) is 15.3 Å². The number of rotatable bonds is 1. The van der Waals surface area contributed by atoms with E-state index in [1.165, 1.54) is 0 Å². The third kappa shape index (κ3) is 2.68. The Kier molecular flexibility index (Phi) is 3.20. The van der Waals surface area contributed by atoms with Gasteiger partial charge >= 0.3 is 0 Å². The van der Waals surface area contributed by atoms with Gasteiger partial charge in [-0.3, -0.25) is 10.1 Å². The number of aromatic nitrogens is 1. The largest absolute Gasteiger partial charge is 0.619 e. The lowest BCUT2D eigenvalue weighted by Gasteiger charge is -1.96. The molecule has 0 radical (unpaired) electrons. The molecule has 0 amide bonds. The summed E-state index contributed by atoms with van der Waals surface area (Å²) in [5.41, 5.74) is -0.236. The molecule has 0 bridgehead atoms. The number of hydrogen-bond donors (Lipinski definition) is 0. The normalized spacial score (nSPS) is 8.47. The van der Waals surface area contributed by atoms with Crippen LogP contribution in [0.5, 0.6) is 0 Å². The quantitative estimate of drug-likeness (QED) is 0.218. The fourth-order valence-corrected chi connectivity index (χ4v) is 0.905. The van der Waals surface area contributed by atoms with Crippen molar-refractivity contribution in [1.82, 2.24) is 0 Å². The predicted octanol–water partition coefficient (Wildman–Crippen LogP) is 0.493. The molecule has 15 heavy (non-hydrogen) atoms. The monoisotopic (exact) mass is 203 g/mol. The van der Waals surface area contributed by atoms with Crippen molar-refractivity contribution in [1.29, 1.82) is 5.26 Å². The maximum Gasteiger partial charge on any atom is 0.297 e. The molecule has 0 aliphatic rings. The number of pyridine rings is 1. The van der Waals surface area contributed by atoms with Crippen LogP contribution in [0.25, 0.3) is 0 Å². The maximum absolute atomic E-state index is 10.9. The van der Waals surface area contributed by atoms with E-state index < -0.39 is 4.92 Å². The van der Waals surface area contributed by atoms with Gasteiger partial charge in [-0.15, -0.1) is 0 Å². The van der Waals surface area contributed by atoms with Crippen LogP contribution in [0, 0.1) is 38.5 Å². The van der Waals surface area contributed by atoms with Gasteiger partial charge in [0.1, 0.15) is 0 Å². The summed E-state index contributed by atoms with van der Waals surface area (Å²) in [6.07, 6.45) is 1.99. The summed E-state index contributed by atoms with van der Waals surface area (Å²) in [5, 5.41) is 29.6. The Morgan fingerprint density at radius 1 is 1.60 bits per heavy atom. The minimum absolute atomic E-state index is 0.00718. The fraction of sp³-hybridized carbons (Fsp3) is 0.111. The molecular weight excluding hydrogens is 198 g/mol. The molecule has 0 fully saturated rings. The number of nitriles is 1. The van der Waals surface area contributed by atoms with Crippen molar-refractivity contribution in [2.45, 2.75) is 6.42 Å². The lowest BCUT2D eigenvalue weighted by Crippen LogP contribution is -2.25. The molecular formula is C9H5N3O3. The Morgan fingerprint density at radius 2 is 2.33 bits per heavy atom. The molecule has 6 nitrogen and oxygen atoms in total. The van der Waals surface area contributed by atoms with Crippen LogP contribution in [-0.4, -0.2) is 4.92 Å². The molecule has 1 aromatic heterocycles. The van der Waals surface area contributed by atoms with Crippen molar-refractivity contribution in [3.63, 3.8) is 0 Å². The van der Waals surface area contributed by atoms with Crippen LogP contribution in [0.3, 0.4) is 0 Å². The molecule has 1 aromatic rings. The fourth-order valence-electron chi connectivity index (χ4n) is 0.905. The van der Waals surface area contributed by atoms with Gasteiger partial charge in [0, 0.05) is 0 Å². The minimum atomic E-state index is -0.629. The van der Waals surface area contributed by atoms with Crippen LogP contribution in [0.2, 0.25) is 0 Å². The van der Waals surface area contributed by atoms with E-state index in [2.05, 4.69) is 11.8 Å². The average molecular weight is 203 g/mol. The Labute approximate surface area is 85.1 Å². The summed E-state index contributed by atoms with van der Waals surface area (Å²) < 4.78 is 0.420. The first-order valence-electron chi connectivity index (χ1n) is 3.88. The third-order valence-electron chi connectivity index (χ3n) is 1.50. The number of nitrogens with zero attached hydrogens (tertiary/aromatic N) is 3. The van der Waals surface area contributed by atoms with Gasteiger partial charge in [-0.25, -0.2) is 0 Å². The summed E-state index contributed by atoms with van der Waals surface area (Å²) >= 11 is 0. The molecule has 0 aromatic carbocycles. The highest BCUT2D eigenvalue weighted by Gasteiger charge is 2.14. The van der Waals surface area contributed by atoms with Crippen molar-refractivity contribution in [2.24, 2.45) is 0 Å². The Balaban J connectivity index is 3.16. The van der Waals surface area contributed by atoms with Crippen molar-refractivity contribution >= 4 is 5.69 Å². The van der Waals surface area contributed by atoms with Crippen molar-refractivity contribution in [3.05, 3.63) is 39.3 Å². The smallest absolute Gasteiger partial charge is 0.297 e. The highest BCUT2D eigenvalue weighted by Crippen LogP contribution is 2.13. The number of nitro groups is 1. The topological polar surface area (TPSA) is 93.9 Å². The summed E-state index contributed by atoms with van der Waals surface area (Å²) in [5.74, 6) is 4.81. The lowest BCUT2D eigenvalue weighted by atomic mass is 10.2. The van der Waals surface area contributed by atoms with E-state index in [1.54, 1.807) is 6.07 Å². The first-order chi connectivity index (χ1) is 7.15.